The maximum absolute atomic E-state index is 13.1. The van der Waals surface area contributed by atoms with Crippen molar-refractivity contribution in [2.24, 2.45) is 0 Å². The van der Waals surface area contributed by atoms with Gasteiger partial charge in [-0.3, -0.25) is 14.5 Å². The maximum Gasteiger partial charge on any atom is 0.300 e. The van der Waals surface area contributed by atoms with Gasteiger partial charge in [-0.15, -0.1) is 0 Å². The lowest BCUT2D eigenvalue weighted by molar-refractivity contribution is -0.132. The van der Waals surface area contributed by atoms with E-state index in [0.717, 1.165) is 5.56 Å². The van der Waals surface area contributed by atoms with Crippen LogP contribution in [0.15, 0.2) is 72.3 Å². The molecule has 4 rings (SSSR count). The molecule has 7 heteroatoms. The fourth-order valence-corrected chi connectivity index (χ4v) is 3.96. The molecule has 1 aliphatic rings. The lowest BCUT2D eigenvalue weighted by Gasteiger charge is -2.26. The number of benzene rings is 3. The van der Waals surface area contributed by atoms with Crippen LogP contribution in [-0.4, -0.2) is 21.9 Å². The molecule has 3 aromatic rings. The molecule has 1 saturated heterocycles. The van der Waals surface area contributed by atoms with Gasteiger partial charge in [0.2, 0.25) is 0 Å². The highest BCUT2D eigenvalue weighted by atomic mass is 35.5. The number of aliphatic hydroxyl groups is 1. The molecule has 1 unspecified atom stereocenters. The van der Waals surface area contributed by atoms with Gasteiger partial charge in [0.1, 0.15) is 11.5 Å². The SMILES string of the molecule is Cc1ccc(O)c(N2C(=O)C(=O)/C(=C(\O)c3ccc(Cl)c(Cl)c3)C2c2ccccc2)c1. The molecule has 1 heterocycles. The Morgan fingerprint density at radius 2 is 1.65 bits per heavy atom. The molecule has 31 heavy (non-hydrogen) atoms. The lowest BCUT2D eigenvalue weighted by atomic mass is 9.95. The standard InChI is InChI=1S/C24H17Cl2NO4/c1-13-7-10-19(28)18(11-13)27-21(14-5-3-2-4-6-14)20(23(30)24(27)31)22(29)15-8-9-16(25)17(26)12-15/h2-12,21,28-29H,1H3/b22-20-. The van der Waals surface area contributed by atoms with Crippen molar-refractivity contribution < 1.29 is 19.8 Å². The molecule has 1 aliphatic heterocycles. The van der Waals surface area contributed by atoms with E-state index >= 15 is 0 Å². The number of aryl methyl sites for hydroxylation is 1. The molecule has 3 aromatic carbocycles. The van der Waals surface area contributed by atoms with Gasteiger partial charge in [-0.1, -0.05) is 59.6 Å². The first kappa shape index (κ1) is 21.0. The van der Waals surface area contributed by atoms with Crippen molar-refractivity contribution in [1.29, 1.82) is 0 Å². The van der Waals surface area contributed by atoms with E-state index in [2.05, 4.69) is 0 Å². The summed E-state index contributed by atoms with van der Waals surface area (Å²) in [7, 11) is 0. The van der Waals surface area contributed by atoms with Crippen LogP contribution in [0.3, 0.4) is 0 Å². The summed E-state index contributed by atoms with van der Waals surface area (Å²) < 4.78 is 0. The highest BCUT2D eigenvalue weighted by Gasteiger charge is 2.47. The van der Waals surface area contributed by atoms with Gasteiger partial charge in [0.25, 0.3) is 11.7 Å². The Morgan fingerprint density at radius 1 is 0.935 bits per heavy atom. The van der Waals surface area contributed by atoms with Gasteiger partial charge in [0.15, 0.2) is 0 Å². The van der Waals surface area contributed by atoms with Gasteiger partial charge in [-0.25, -0.2) is 0 Å². The summed E-state index contributed by atoms with van der Waals surface area (Å²) >= 11 is 12.1. The number of amides is 1. The lowest BCUT2D eigenvalue weighted by Crippen LogP contribution is -2.29. The number of Topliss-reactive ketones (excluding diaryl/α,β-unsaturated/α-hetero) is 1. The third-order valence-corrected chi connectivity index (χ3v) is 5.88. The molecule has 2 N–H and O–H groups in total. The Morgan fingerprint density at radius 3 is 2.32 bits per heavy atom. The van der Waals surface area contributed by atoms with Crippen molar-refractivity contribution in [3.05, 3.63) is 99.0 Å². The van der Waals surface area contributed by atoms with Crippen LogP contribution in [0.1, 0.15) is 22.7 Å². The molecule has 0 saturated carbocycles. The molecule has 1 fully saturated rings. The number of phenols is 1. The van der Waals surface area contributed by atoms with E-state index in [1.165, 1.54) is 29.2 Å². The van der Waals surface area contributed by atoms with E-state index in [0.29, 0.717) is 10.6 Å². The predicted molar refractivity (Wildman–Crippen MR) is 121 cm³/mol. The topological polar surface area (TPSA) is 77.8 Å². The van der Waals surface area contributed by atoms with Crippen molar-refractivity contribution in [3.63, 3.8) is 0 Å². The summed E-state index contributed by atoms with van der Waals surface area (Å²) in [5, 5.41) is 22.0. The largest absolute Gasteiger partial charge is 0.507 e. The normalized spacial score (nSPS) is 17.9. The second kappa shape index (κ2) is 8.10. The van der Waals surface area contributed by atoms with Crippen LogP contribution in [0, 0.1) is 6.92 Å². The summed E-state index contributed by atoms with van der Waals surface area (Å²) in [6, 6.07) is 17.1. The first-order chi connectivity index (χ1) is 14.8. The molecular formula is C24H17Cl2NO4. The van der Waals surface area contributed by atoms with Crippen LogP contribution in [0.2, 0.25) is 10.0 Å². The third-order valence-electron chi connectivity index (χ3n) is 5.14. The smallest absolute Gasteiger partial charge is 0.300 e. The Bertz CT molecular complexity index is 1240. The molecule has 0 bridgehead atoms. The van der Waals surface area contributed by atoms with Crippen molar-refractivity contribution in [3.8, 4) is 5.75 Å². The van der Waals surface area contributed by atoms with Gasteiger partial charge in [-0.05, 0) is 48.4 Å². The number of phenolic OH excluding ortho intramolecular Hbond substituents is 1. The van der Waals surface area contributed by atoms with E-state index in [4.69, 9.17) is 23.2 Å². The Labute approximate surface area is 188 Å². The molecule has 1 atom stereocenters. The fourth-order valence-electron chi connectivity index (χ4n) is 3.66. The molecule has 1 amide bonds. The van der Waals surface area contributed by atoms with Crippen LogP contribution in [0.25, 0.3) is 5.76 Å². The van der Waals surface area contributed by atoms with Crippen LogP contribution < -0.4 is 4.90 Å². The van der Waals surface area contributed by atoms with Gasteiger partial charge in [0.05, 0.1) is 27.3 Å². The average molecular weight is 454 g/mol. The molecule has 5 nitrogen and oxygen atoms in total. The number of ketones is 1. The maximum atomic E-state index is 13.1. The highest BCUT2D eigenvalue weighted by Crippen LogP contribution is 2.45. The second-order valence-electron chi connectivity index (χ2n) is 7.20. The van der Waals surface area contributed by atoms with Gasteiger partial charge >= 0.3 is 0 Å². The molecule has 0 spiro atoms. The van der Waals surface area contributed by atoms with E-state index in [1.54, 1.807) is 42.5 Å². The summed E-state index contributed by atoms with van der Waals surface area (Å²) in [6.45, 7) is 1.81. The zero-order valence-corrected chi connectivity index (χ0v) is 17.9. The first-order valence-electron chi connectivity index (χ1n) is 9.40. The van der Waals surface area contributed by atoms with Gasteiger partial charge < -0.3 is 10.2 Å². The second-order valence-corrected chi connectivity index (χ2v) is 8.02. The summed E-state index contributed by atoms with van der Waals surface area (Å²) in [4.78, 5) is 27.4. The van der Waals surface area contributed by atoms with E-state index in [-0.39, 0.29) is 33.4 Å². The number of halogens is 2. The summed E-state index contributed by atoms with van der Waals surface area (Å²) in [5.74, 6) is -2.24. The van der Waals surface area contributed by atoms with Crippen LogP contribution in [0.4, 0.5) is 5.69 Å². The number of aliphatic hydroxyl groups excluding tert-OH is 1. The fraction of sp³-hybridized carbons (Fsp3) is 0.0833. The highest BCUT2D eigenvalue weighted by molar-refractivity contribution is 6.52. The Balaban J connectivity index is 1.98. The minimum Gasteiger partial charge on any atom is -0.507 e. The van der Waals surface area contributed by atoms with Crippen molar-refractivity contribution in [1.82, 2.24) is 0 Å². The number of carbonyl (C=O) groups is 2. The van der Waals surface area contributed by atoms with E-state index in [1.807, 2.05) is 6.92 Å². The zero-order valence-electron chi connectivity index (χ0n) is 16.3. The van der Waals surface area contributed by atoms with E-state index < -0.39 is 17.7 Å². The Kier molecular flexibility index (Phi) is 5.48. The molecule has 156 valence electrons. The number of nitrogens with zero attached hydrogens (tertiary/aromatic N) is 1. The monoisotopic (exact) mass is 453 g/mol. The average Bonchev–Trinajstić information content (AvgIpc) is 3.02. The quantitative estimate of drug-likeness (QED) is 0.305. The summed E-state index contributed by atoms with van der Waals surface area (Å²) in [5.41, 5.74) is 1.73. The van der Waals surface area contributed by atoms with Gasteiger partial charge in [0, 0.05) is 5.56 Å². The van der Waals surface area contributed by atoms with E-state index in [9.17, 15) is 19.8 Å². The van der Waals surface area contributed by atoms with Crippen molar-refractivity contribution in [2.75, 3.05) is 4.90 Å². The number of hydrogen-bond donors (Lipinski definition) is 2. The van der Waals surface area contributed by atoms with Crippen molar-refractivity contribution in [2.45, 2.75) is 13.0 Å². The van der Waals surface area contributed by atoms with Crippen LogP contribution in [-0.2, 0) is 9.59 Å². The number of carbonyl (C=O) groups excluding carboxylic acids is 2. The third kappa shape index (κ3) is 3.67. The van der Waals surface area contributed by atoms with Gasteiger partial charge in [-0.2, -0.15) is 0 Å². The molecule has 0 aliphatic carbocycles. The first-order valence-corrected chi connectivity index (χ1v) is 10.2. The molecule has 0 radical (unpaired) electrons. The molecular weight excluding hydrogens is 437 g/mol. The minimum atomic E-state index is -0.941. The summed E-state index contributed by atoms with van der Waals surface area (Å²) in [6.07, 6.45) is 0. The van der Waals surface area contributed by atoms with Crippen LogP contribution >= 0.6 is 23.2 Å². The Hall–Kier alpha value is -3.28. The zero-order chi connectivity index (χ0) is 22.3. The predicted octanol–water partition coefficient (Wildman–Crippen LogP) is 5.63. The number of rotatable bonds is 3. The number of hydrogen-bond acceptors (Lipinski definition) is 4. The van der Waals surface area contributed by atoms with Crippen LogP contribution in [0.5, 0.6) is 5.75 Å². The number of anilines is 1. The number of aromatic hydroxyl groups is 1. The molecule has 0 aromatic heterocycles. The minimum absolute atomic E-state index is 0.101. The van der Waals surface area contributed by atoms with Crippen molar-refractivity contribution >= 4 is 46.3 Å².